The number of ketones is 1. The SMILES string of the molecule is O=C(Cn1ccc(=O)c([N+](=O)[O-])c1)c1sccc1Br. The minimum absolute atomic E-state index is 0.0553. The molecule has 0 unspecified atom stereocenters. The third kappa shape index (κ3) is 2.96. The van der Waals surface area contributed by atoms with Crippen molar-refractivity contribution in [2.75, 3.05) is 0 Å². The number of Topliss-reactive ketones (excluding diaryl/α,β-unsaturated/α-hetero) is 1. The van der Waals surface area contributed by atoms with E-state index >= 15 is 0 Å². The molecule has 0 radical (unpaired) electrons. The summed E-state index contributed by atoms with van der Waals surface area (Å²) in [6.07, 6.45) is 2.43. The second-order valence-electron chi connectivity index (χ2n) is 3.64. The lowest BCUT2D eigenvalue weighted by Gasteiger charge is -2.04. The van der Waals surface area contributed by atoms with Crippen molar-refractivity contribution < 1.29 is 9.72 Å². The molecule has 0 aromatic carbocycles. The zero-order valence-corrected chi connectivity index (χ0v) is 11.8. The number of halogens is 1. The third-order valence-electron chi connectivity index (χ3n) is 2.35. The van der Waals surface area contributed by atoms with Crippen LogP contribution in [0, 0.1) is 10.1 Å². The summed E-state index contributed by atoms with van der Waals surface area (Å²) in [5, 5.41) is 12.4. The number of carbonyl (C=O) groups excluding carboxylic acids is 1. The standard InChI is InChI=1S/C11H7BrN2O4S/c12-7-2-4-19-11(7)10(16)6-13-3-1-9(15)8(5-13)14(17)18/h1-5H,6H2. The van der Waals surface area contributed by atoms with Gasteiger partial charge in [-0.15, -0.1) is 11.3 Å². The molecule has 6 nitrogen and oxygen atoms in total. The van der Waals surface area contributed by atoms with Crippen molar-refractivity contribution in [2.24, 2.45) is 0 Å². The number of hydrogen-bond donors (Lipinski definition) is 0. The summed E-state index contributed by atoms with van der Waals surface area (Å²) in [4.78, 5) is 33.6. The molecule has 2 aromatic rings. The number of nitrogens with zero attached hydrogens (tertiary/aromatic N) is 2. The first kappa shape index (κ1) is 13.6. The van der Waals surface area contributed by atoms with Crippen LogP contribution in [-0.2, 0) is 6.54 Å². The first-order valence-electron chi connectivity index (χ1n) is 5.09. The molecule has 2 aromatic heterocycles. The van der Waals surface area contributed by atoms with Crippen molar-refractivity contribution in [1.82, 2.24) is 4.57 Å². The van der Waals surface area contributed by atoms with E-state index in [4.69, 9.17) is 0 Å². The first-order chi connectivity index (χ1) is 8.99. The van der Waals surface area contributed by atoms with Crippen LogP contribution in [0.3, 0.4) is 0 Å². The average Bonchev–Trinajstić information content (AvgIpc) is 2.77. The summed E-state index contributed by atoms with van der Waals surface area (Å²) in [7, 11) is 0. The van der Waals surface area contributed by atoms with Crippen LogP contribution in [0.1, 0.15) is 9.67 Å². The Kier molecular flexibility index (Phi) is 3.91. The average molecular weight is 343 g/mol. The number of rotatable bonds is 4. The molecule has 0 fully saturated rings. The number of hydrogen-bond acceptors (Lipinski definition) is 5. The molecule has 0 bridgehead atoms. The molecule has 0 aliphatic heterocycles. The fraction of sp³-hybridized carbons (Fsp3) is 0.0909. The Labute approximate surface area is 119 Å². The van der Waals surface area contributed by atoms with E-state index in [-0.39, 0.29) is 12.3 Å². The maximum atomic E-state index is 12.0. The minimum Gasteiger partial charge on any atom is -0.340 e. The molecule has 0 aliphatic carbocycles. The van der Waals surface area contributed by atoms with Crippen LogP contribution in [0.2, 0.25) is 0 Å². The van der Waals surface area contributed by atoms with Gasteiger partial charge in [0.15, 0.2) is 5.78 Å². The van der Waals surface area contributed by atoms with Crippen molar-refractivity contribution in [2.45, 2.75) is 6.54 Å². The molecule has 19 heavy (non-hydrogen) atoms. The zero-order chi connectivity index (χ0) is 14.0. The van der Waals surface area contributed by atoms with Crippen molar-refractivity contribution in [3.8, 4) is 0 Å². The Bertz CT molecular complexity index is 707. The molecule has 98 valence electrons. The van der Waals surface area contributed by atoms with Gasteiger partial charge in [-0.3, -0.25) is 19.7 Å². The molecular weight excluding hydrogens is 336 g/mol. The second kappa shape index (κ2) is 5.45. The fourth-order valence-corrected chi connectivity index (χ4v) is 3.00. The van der Waals surface area contributed by atoms with Gasteiger partial charge in [0.2, 0.25) is 0 Å². The molecule has 0 atom stereocenters. The van der Waals surface area contributed by atoms with E-state index in [0.29, 0.717) is 9.35 Å². The maximum Gasteiger partial charge on any atom is 0.332 e. The Balaban J connectivity index is 2.27. The Morgan fingerprint density at radius 3 is 2.79 bits per heavy atom. The smallest absolute Gasteiger partial charge is 0.332 e. The molecular formula is C11H7BrN2O4S. The van der Waals surface area contributed by atoms with E-state index < -0.39 is 16.0 Å². The Morgan fingerprint density at radius 2 is 2.21 bits per heavy atom. The van der Waals surface area contributed by atoms with Gasteiger partial charge >= 0.3 is 5.69 Å². The topological polar surface area (TPSA) is 82.2 Å². The number of thiophene rings is 1. The van der Waals surface area contributed by atoms with Crippen LogP contribution >= 0.6 is 27.3 Å². The predicted octanol–water partition coefficient (Wildman–Crippen LogP) is 2.46. The summed E-state index contributed by atoms with van der Waals surface area (Å²) in [6.45, 7) is -0.0553. The number of carbonyl (C=O) groups is 1. The second-order valence-corrected chi connectivity index (χ2v) is 5.42. The summed E-state index contributed by atoms with van der Waals surface area (Å²) >= 11 is 4.54. The number of aromatic nitrogens is 1. The van der Waals surface area contributed by atoms with Gasteiger partial charge in [-0.05, 0) is 27.4 Å². The zero-order valence-electron chi connectivity index (χ0n) is 9.41. The van der Waals surface area contributed by atoms with Crippen LogP contribution in [0.5, 0.6) is 0 Å². The predicted molar refractivity (Wildman–Crippen MR) is 73.7 cm³/mol. The molecule has 2 rings (SSSR count). The molecule has 0 amide bonds. The van der Waals surface area contributed by atoms with Crippen LogP contribution in [0.4, 0.5) is 5.69 Å². The highest BCUT2D eigenvalue weighted by Crippen LogP contribution is 2.23. The normalized spacial score (nSPS) is 10.4. The molecule has 2 heterocycles. The fourth-order valence-electron chi connectivity index (χ4n) is 1.48. The molecule has 0 saturated carbocycles. The van der Waals surface area contributed by atoms with E-state index in [2.05, 4.69) is 15.9 Å². The molecule has 0 N–H and O–H groups in total. The first-order valence-corrected chi connectivity index (χ1v) is 6.77. The molecule has 0 aliphatic rings. The van der Waals surface area contributed by atoms with Gasteiger partial charge in [0, 0.05) is 16.7 Å². The lowest BCUT2D eigenvalue weighted by molar-refractivity contribution is -0.386. The van der Waals surface area contributed by atoms with Gasteiger partial charge in [-0.1, -0.05) is 0 Å². The van der Waals surface area contributed by atoms with Crippen molar-refractivity contribution in [3.05, 3.63) is 59.6 Å². The van der Waals surface area contributed by atoms with E-state index in [9.17, 15) is 19.7 Å². The Hall–Kier alpha value is -1.80. The van der Waals surface area contributed by atoms with Gasteiger partial charge in [0.1, 0.15) is 0 Å². The lowest BCUT2D eigenvalue weighted by atomic mass is 10.3. The van der Waals surface area contributed by atoms with E-state index in [1.165, 1.54) is 22.1 Å². The maximum absolute atomic E-state index is 12.0. The summed E-state index contributed by atoms with van der Waals surface area (Å²) in [5.74, 6) is -0.181. The highest BCUT2D eigenvalue weighted by molar-refractivity contribution is 9.10. The number of pyridine rings is 1. The summed E-state index contributed by atoms with van der Waals surface area (Å²) < 4.78 is 2.02. The summed E-state index contributed by atoms with van der Waals surface area (Å²) in [5.41, 5.74) is -1.22. The van der Waals surface area contributed by atoms with Gasteiger partial charge in [-0.25, -0.2) is 0 Å². The highest BCUT2D eigenvalue weighted by Gasteiger charge is 2.15. The molecule has 0 spiro atoms. The van der Waals surface area contributed by atoms with Gasteiger partial charge in [0.05, 0.1) is 22.5 Å². The van der Waals surface area contributed by atoms with Gasteiger partial charge < -0.3 is 4.57 Å². The van der Waals surface area contributed by atoms with Crippen LogP contribution in [0.25, 0.3) is 0 Å². The van der Waals surface area contributed by atoms with Gasteiger partial charge in [0.25, 0.3) is 5.43 Å². The van der Waals surface area contributed by atoms with Crippen LogP contribution < -0.4 is 5.43 Å². The quantitative estimate of drug-likeness (QED) is 0.485. The molecule has 0 saturated heterocycles. The van der Waals surface area contributed by atoms with Crippen molar-refractivity contribution in [1.29, 1.82) is 0 Å². The monoisotopic (exact) mass is 342 g/mol. The lowest BCUT2D eigenvalue weighted by Crippen LogP contribution is -2.14. The van der Waals surface area contributed by atoms with E-state index in [0.717, 1.165) is 12.3 Å². The highest BCUT2D eigenvalue weighted by atomic mass is 79.9. The third-order valence-corrected chi connectivity index (χ3v) is 4.23. The Morgan fingerprint density at radius 1 is 1.47 bits per heavy atom. The van der Waals surface area contributed by atoms with Gasteiger partial charge in [-0.2, -0.15) is 0 Å². The minimum atomic E-state index is -0.760. The van der Waals surface area contributed by atoms with Crippen LogP contribution in [0.15, 0.2) is 39.2 Å². The van der Waals surface area contributed by atoms with Crippen molar-refractivity contribution in [3.63, 3.8) is 0 Å². The van der Waals surface area contributed by atoms with Crippen LogP contribution in [-0.4, -0.2) is 15.3 Å². The van der Waals surface area contributed by atoms with E-state index in [1.54, 1.807) is 11.4 Å². The van der Waals surface area contributed by atoms with E-state index in [1.807, 2.05) is 0 Å². The molecule has 8 heteroatoms. The summed E-state index contributed by atoms with van der Waals surface area (Å²) in [6, 6.07) is 2.83. The van der Waals surface area contributed by atoms with Crippen molar-refractivity contribution >= 4 is 38.7 Å². The largest absolute Gasteiger partial charge is 0.340 e. The number of nitro groups is 1.